The molecule has 2 rings (SSSR count). The third kappa shape index (κ3) is 4.25. The summed E-state index contributed by atoms with van der Waals surface area (Å²) in [5.41, 5.74) is 11.0. The summed E-state index contributed by atoms with van der Waals surface area (Å²) in [5, 5.41) is 2.76. The first-order chi connectivity index (χ1) is 9.06. The van der Waals surface area contributed by atoms with Gasteiger partial charge in [-0.2, -0.15) is 0 Å². The van der Waals surface area contributed by atoms with Crippen LogP contribution in [-0.2, 0) is 11.3 Å². The first kappa shape index (κ1) is 16.5. The lowest BCUT2D eigenvalue weighted by molar-refractivity contribution is -0.122. The fourth-order valence-corrected chi connectivity index (χ4v) is 2.42. The van der Waals surface area contributed by atoms with Crippen LogP contribution in [-0.4, -0.2) is 17.9 Å². The van der Waals surface area contributed by atoms with E-state index in [4.69, 9.17) is 15.9 Å². The number of nitrogens with two attached hydrogens (primary N) is 2. The third-order valence-electron chi connectivity index (χ3n) is 3.53. The van der Waals surface area contributed by atoms with E-state index in [2.05, 4.69) is 5.32 Å². The lowest BCUT2D eigenvalue weighted by Gasteiger charge is -2.14. The van der Waals surface area contributed by atoms with E-state index in [0.29, 0.717) is 12.2 Å². The number of primary amides is 1. The van der Waals surface area contributed by atoms with Crippen LogP contribution in [0.15, 0.2) is 16.5 Å². The summed E-state index contributed by atoms with van der Waals surface area (Å²) >= 11 is 0. The van der Waals surface area contributed by atoms with E-state index in [0.717, 1.165) is 19.3 Å². The molecule has 1 saturated carbocycles. The van der Waals surface area contributed by atoms with Gasteiger partial charge < -0.3 is 21.2 Å². The molecule has 1 aromatic heterocycles. The van der Waals surface area contributed by atoms with Crippen molar-refractivity contribution in [2.45, 2.75) is 38.3 Å². The fraction of sp³-hybridized carbons (Fsp3) is 0.538. The molecule has 1 aliphatic carbocycles. The summed E-state index contributed by atoms with van der Waals surface area (Å²) < 4.78 is 5.17. The van der Waals surface area contributed by atoms with Crippen LogP contribution in [0.2, 0.25) is 0 Å². The largest absolute Gasteiger partial charge is 0.454 e. The van der Waals surface area contributed by atoms with Gasteiger partial charge in [0.15, 0.2) is 5.76 Å². The molecule has 0 unspecified atom stereocenters. The molecule has 2 atom stereocenters. The topological polar surface area (TPSA) is 111 Å². The average Bonchev–Trinajstić information content (AvgIpc) is 2.97. The lowest BCUT2D eigenvalue weighted by Crippen LogP contribution is -2.31. The Bertz CT molecular complexity index is 475. The van der Waals surface area contributed by atoms with Gasteiger partial charge in [0.05, 0.1) is 6.54 Å². The van der Waals surface area contributed by atoms with Gasteiger partial charge >= 0.3 is 0 Å². The molecule has 0 aliphatic heterocycles. The molecular formula is C13H20ClN3O3. The van der Waals surface area contributed by atoms with E-state index < -0.39 is 5.91 Å². The Balaban J connectivity index is 0.00000200. The molecule has 1 fully saturated rings. The van der Waals surface area contributed by atoms with E-state index in [1.54, 1.807) is 6.07 Å². The zero-order chi connectivity index (χ0) is 13.8. The van der Waals surface area contributed by atoms with Crippen LogP contribution >= 0.6 is 12.4 Å². The predicted octanol–water partition coefficient (Wildman–Crippen LogP) is 0.934. The van der Waals surface area contributed by atoms with Crippen molar-refractivity contribution in [3.8, 4) is 0 Å². The predicted molar refractivity (Wildman–Crippen MR) is 76.3 cm³/mol. The summed E-state index contributed by atoms with van der Waals surface area (Å²) in [6.45, 7) is 0.258. The van der Waals surface area contributed by atoms with E-state index in [-0.39, 0.29) is 42.6 Å². The van der Waals surface area contributed by atoms with Crippen LogP contribution < -0.4 is 16.8 Å². The first-order valence-corrected chi connectivity index (χ1v) is 6.47. The summed E-state index contributed by atoms with van der Waals surface area (Å²) in [4.78, 5) is 22.6. The van der Waals surface area contributed by atoms with Crippen molar-refractivity contribution in [3.63, 3.8) is 0 Å². The van der Waals surface area contributed by atoms with E-state index in [1.165, 1.54) is 6.07 Å². The van der Waals surface area contributed by atoms with E-state index in [1.807, 2.05) is 0 Å². The summed E-state index contributed by atoms with van der Waals surface area (Å²) in [7, 11) is 0. The zero-order valence-corrected chi connectivity index (χ0v) is 11.9. The van der Waals surface area contributed by atoms with Crippen LogP contribution in [0.25, 0.3) is 0 Å². The van der Waals surface area contributed by atoms with Gasteiger partial charge in [0, 0.05) is 12.5 Å². The number of carbonyl (C=O) groups excluding carboxylic acids is 2. The minimum absolute atomic E-state index is 0. The Hall–Kier alpha value is -1.53. The third-order valence-corrected chi connectivity index (χ3v) is 3.53. The molecule has 7 heteroatoms. The SMILES string of the molecule is Cl.NC(=O)c1ccc(CNC(=O)C[C@@H]2CCC[C@H]2N)o1. The first-order valence-electron chi connectivity index (χ1n) is 6.47. The maximum atomic E-state index is 11.8. The Morgan fingerprint density at radius 3 is 2.65 bits per heavy atom. The molecule has 1 heterocycles. The van der Waals surface area contributed by atoms with Crippen LogP contribution in [0, 0.1) is 5.92 Å². The normalized spacial score (nSPS) is 21.2. The minimum Gasteiger partial charge on any atom is -0.454 e. The van der Waals surface area contributed by atoms with Crippen LogP contribution in [0.5, 0.6) is 0 Å². The molecule has 112 valence electrons. The van der Waals surface area contributed by atoms with Crippen LogP contribution in [0.1, 0.15) is 42.0 Å². The van der Waals surface area contributed by atoms with E-state index >= 15 is 0 Å². The van der Waals surface area contributed by atoms with E-state index in [9.17, 15) is 9.59 Å². The van der Waals surface area contributed by atoms with Crippen molar-refractivity contribution in [2.24, 2.45) is 17.4 Å². The molecule has 1 aromatic rings. The Morgan fingerprint density at radius 1 is 1.35 bits per heavy atom. The van der Waals surface area contributed by atoms with Gasteiger partial charge in [-0.05, 0) is 30.9 Å². The highest BCUT2D eigenvalue weighted by molar-refractivity contribution is 5.89. The summed E-state index contributed by atoms with van der Waals surface area (Å²) in [6.07, 6.45) is 3.56. The van der Waals surface area contributed by atoms with Gasteiger partial charge in [-0.1, -0.05) is 6.42 Å². The number of nitrogens with one attached hydrogen (secondary N) is 1. The Labute approximate surface area is 123 Å². The number of amides is 2. The maximum Gasteiger partial charge on any atom is 0.284 e. The Kier molecular flexibility index (Phi) is 6.04. The van der Waals surface area contributed by atoms with Gasteiger partial charge in [0.2, 0.25) is 5.91 Å². The molecule has 20 heavy (non-hydrogen) atoms. The highest BCUT2D eigenvalue weighted by Gasteiger charge is 2.25. The zero-order valence-electron chi connectivity index (χ0n) is 11.1. The van der Waals surface area contributed by atoms with Gasteiger partial charge in [-0.25, -0.2) is 0 Å². The second kappa shape index (κ2) is 7.31. The number of furan rings is 1. The highest BCUT2D eigenvalue weighted by Crippen LogP contribution is 2.26. The summed E-state index contributed by atoms with van der Waals surface area (Å²) in [5.74, 6) is 0.228. The standard InChI is InChI=1S/C13H19N3O3.ClH/c14-10-3-1-2-8(10)6-12(17)16-7-9-4-5-11(19-9)13(15)18;/h4-5,8,10H,1-3,6-7,14H2,(H2,15,18)(H,16,17);1H/t8-,10+;/m0./s1. The molecule has 6 nitrogen and oxygen atoms in total. The highest BCUT2D eigenvalue weighted by atomic mass is 35.5. The number of rotatable bonds is 5. The molecule has 2 amide bonds. The van der Waals surface area contributed by atoms with Crippen molar-refractivity contribution in [3.05, 3.63) is 23.7 Å². The minimum atomic E-state index is -0.616. The van der Waals surface area contributed by atoms with Crippen molar-refractivity contribution >= 4 is 24.2 Å². The molecule has 0 bridgehead atoms. The van der Waals surface area contributed by atoms with Crippen molar-refractivity contribution in [1.29, 1.82) is 0 Å². The summed E-state index contributed by atoms with van der Waals surface area (Å²) in [6, 6.07) is 3.26. The van der Waals surface area contributed by atoms with Crippen LogP contribution in [0.3, 0.4) is 0 Å². The van der Waals surface area contributed by atoms with Crippen molar-refractivity contribution in [1.82, 2.24) is 5.32 Å². The molecular weight excluding hydrogens is 282 g/mol. The fourth-order valence-electron chi connectivity index (χ4n) is 2.42. The number of hydrogen-bond acceptors (Lipinski definition) is 4. The van der Waals surface area contributed by atoms with Gasteiger partial charge in [-0.3, -0.25) is 9.59 Å². The molecule has 1 aliphatic rings. The molecule has 0 spiro atoms. The maximum absolute atomic E-state index is 11.8. The lowest BCUT2D eigenvalue weighted by atomic mass is 10.00. The quantitative estimate of drug-likeness (QED) is 0.751. The van der Waals surface area contributed by atoms with Gasteiger partial charge in [0.1, 0.15) is 5.76 Å². The number of halogens is 1. The average molecular weight is 302 g/mol. The smallest absolute Gasteiger partial charge is 0.284 e. The van der Waals surface area contributed by atoms with Gasteiger partial charge in [-0.15, -0.1) is 12.4 Å². The second-order valence-electron chi connectivity index (χ2n) is 4.97. The number of hydrogen-bond donors (Lipinski definition) is 3. The molecule has 5 N–H and O–H groups in total. The Morgan fingerprint density at radius 2 is 2.10 bits per heavy atom. The molecule has 0 radical (unpaired) electrons. The molecule has 0 saturated heterocycles. The molecule has 0 aromatic carbocycles. The second-order valence-corrected chi connectivity index (χ2v) is 4.97. The van der Waals surface area contributed by atoms with Crippen molar-refractivity contribution in [2.75, 3.05) is 0 Å². The number of carbonyl (C=O) groups is 2. The monoisotopic (exact) mass is 301 g/mol. The van der Waals surface area contributed by atoms with Gasteiger partial charge in [0.25, 0.3) is 5.91 Å². The van der Waals surface area contributed by atoms with Crippen molar-refractivity contribution < 1.29 is 14.0 Å². The van der Waals surface area contributed by atoms with Crippen LogP contribution in [0.4, 0.5) is 0 Å².